The van der Waals surface area contributed by atoms with Crippen LogP contribution < -0.4 is 10.6 Å². The van der Waals surface area contributed by atoms with E-state index in [2.05, 4.69) is 4.90 Å². The molecule has 1 aromatic rings. The van der Waals surface area contributed by atoms with Crippen LogP contribution in [0.1, 0.15) is 15.9 Å². The molecular formula is C14H20N2O4. The molecule has 0 radical (unpaired) electrons. The Morgan fingerprint density at radius 3 is 2.30 bits per heavy atom. The molecule has 110 valence electrons. The monoisotopic (exact) mass is 280 g/mol. The van der Waals surface area contributed by atoms with Gasteiger partial charge in [0.1, 0.15) is 12.2 Å². The van der Waals surface area contributed by atoms with Gasteiger partial charge in [0, 0.05) is 38.7 Å². The van der Waals surface area contributed by atoms with Gasteiger partial charge in [-0.25, -0.2) is 4.79 Å². The van der Waals surface area contributed by atoms with Gasteiger partial charge in [-0.1, -0.05) is 0 Å². The van der Waals surface area contributed by atoms with Crippen LogP contribution in [0.15, 0.2) is 12.1 Å². The van der Waals surface area contributed by atoms with Crippen LogP contribution in [0.2, 0.25) is 0 Å². The van der Waals surface area contributed by atoms with Gasteiger partial charge in [0.25, 0.3) is 0 Å². The highest BCUT2D eigenvalue weighted by atomic mass is 16.5. The summed E-state index contributed by atoms with van der Waals surface area (Å²) in [5.74, 6) is -1.02. The fraction of sp³-hybridized carbons (Fsp3) is 0.500. The molecule has 6 heteroatoms. The molecule has 1 aliphatic rings. The van der Waals surface area contributed by atoms with Gasteiger partial charge in [-0.15, -0.1) is 0 Å². The highest BCUT2D eigenvalue weighted by Crippen LogP contribution is 2.29. The molecule has 0 spiro atoms. The number of nitrogen functional groups attached to an aromatic ring is 1. The fourth-order valence-corrected chi connectivity index (χ4v) is 2.55. The topological polar surface area (TPSA) is 85.0 Å². The van der Waals surface area contributed by atoms with Crippen LogP contribution in [0.25, 0.3) is 0 Å². The largest absolute Gasteiger partial charge is 0.478 e. The van der Waals surface area contributed by atoms with Crippen LogP contribution in [0, 0.1) is 6.92 Å². The van der Waals surface area contributed by atoms with Crippen LogP contribution in [0.3, 0.4) is 0 Å². The number of benzene rings is 1. The first-order valence-corrected chi connectivity index (χ1v) is 6.41. The Kier molecular flexibility index (Phi) is 4.15. The molecule has 20 heavy (non-hydrogen) atoms. The number of hydrogen-bond donors (Lipinski definition) is 2. The molecule has 6 nitrogen and oxygen atoms in total. The van der Waals surface area contributed by atoms with E-state index < -0.39 is 5.97 Å². The average Bonchev–Trinajstić information content (AvgIpc) is 2.84. The predicted octanol–water partition coefficient (Wildman–Crippen LogP) is 1.13. The number of nitrogens with two attached hydrogens (primary N) is 1. The lowest BCUT2D eigenvalue weighted by molar-refractivity contribution is -0.00461. The quantitative estimate of drug-likeness (QED) is 0.804. The summed E-state index contributed by atoms with van der Waals surface area (Å²) >= 11 is 0. The predicted molar refractivity (Wildman–Crippen MR) is 76.4 cm³/mol. The van der Waals surface area contributed by atoms with E-state index in [0.29, 0.717) is 18.8 Å². The zero-order valence-electron chi connectivity index (χ0n) is 11.9. The normalized spacial score (nSPS) is 22.2. The van der Waals surface area contributed by atoms with E-state index in [-0.39, 0.29) is 17.8 Å². The van der Waals surface area contributed by atoms with Gasteiger partial charge in [-0.05, 0) is 24.6 Å². The van der Waals surface area contributed by atoms with Crippen molar-refractivity contribution in [2.24, 2.45) is 0 Å². The summed E-state index contributed by atoms with van der Waals surface area (Å²) < 4.78 is 10.8. The minimum atomic E-state index is -1.02. The molecule has 0 amide bonds. The molecule has 1 aliphatic heterocycles. The number of rotatable bonds is 4. The third kappa shape index (κ3) is 2.57. The Hall–Kier alpha value is -1.79. The number of aryl methyl sites for hydroxylation is 1. The molecule has 1 saturated heterocycles. The van der Waals surface area contributed by atoms with Gasteiger partial charge in [-0.3, -0.25) is 0 Å². The van der Waals surface area contributed by atoms with Crippen molar-refractivity contribution in [2.45, 2.75) is 19.1 Å². The smallest absolute Gasteiger partial charge is 0.337 e. The van der Waals surface area contributed by atoms with E-state index in [4.69, 9.17) is 15.2 Å². The van der Waals surface area contributed by atoms with Gasteiger partial charge < -0.3 is 25.2 Å². The summed E-state index contributed by atoms with van der Waals surface area (Å²) in [6.45, 7) is 3.14. The van der Waals surface area contributed by atoms with Crippen molar-refractivity contribution in [1.29, 1.82) is 0 Å². The van der Waals surface area contributed by atoms with Gasteiger partial charge in [0.05, 0.1) is 5.56 Å². The van der Waals surface area contributed by atoms with Crippen molar-refractivity contribution in [3.63, 3.8) is 0 Å². The van der Waals surface area contributed by atoms with E-state index in [1.807, 2.05) is 13.0 Å². The Morgan fingerprint density at radius 2 is 1.85 bits per heavy atom. The number of methoxy groups -OCH3 is 2. The molecule has 2 unspecified atom stereocenters. The SMILES string of the molecule is COC1CN(c2cc(C)c(N)c(C(=O)O)c2)CC1OC. The maximum Gasteiger partial charge on any atom is 0.337 e. The second kappa shape index (κ2) is 5.68. The van der Waals surface area contributed by atoms with E-state index in [1.165, 1.54) is 0 Å². The molecule has 0 saturated carbocycles. The van der Waals surface area contributed by atoms with Crippen LogP contribution >= 0.6 is 0 Å². The molecule has 2 atom stereocenters. The summed E-state index contributed by atoms with van der Waals surface area (Å²) in [6.07, 6.45) is -0.0442. The Labute approximate surface area is 118 Å². The first-order valence-electron chi connectivity index (χ1n) is 6.41. The van der Waals surface area contributed by atoms with Gasteiger partial charge >= 0.3 is 5.97 Å². The first kappa shape index (κ1) is 14.6. The molecule has 3 N–H and O–H groups in total. The van der Waals surface area contributed by atoms with Crippen molar-refractivity contribution in [3.05, 3.63) is 23.3 Å². The van der Waals surface area contributed by atoms with Crippen LogP contribution in [0.4, 0.5) is 11.4 Å². The number of aromatic carboxylic acids is 1. The number of anilines is 2. The van der Waals surface area contributed by atoms with Crippen LogP contribution in [-0.2, 0) is 9.47 Å². The molecule has 0 aromatic heterocycles. The van der Waals surface area contributed by atoms with Crippen molar-refractivity contribution >= 4 is 17.3 Å². The average molecular weight is 280 g/mol. The lowest BCUT2D eigenvalue weighted by atomic mass is 10.1. The highest BCUT2D eigenvalue weighted by Gasteiger charge is 2.33. The summed E-state index contributed by atoms with van der Waals surface area (Å²) in [5, 5.41) is 9.21. The van der Waals surface area contributed by atoms with E-state index in [1.54, 1.807) is 20.3 Å². The number of hydrogen-bond acceptors (Lipinski definition) is 5. The number of nitrogens with zero attached hydrogens (tertiary/aromatic N) is 1. The Balaban J connectivity index is 2.32. The van der Waals surface area contributed by atoms with Gasteiger partial charge in [-0.2, -0.15) is 0 Å². The van der Waals surface area contributed by atoms with Gasteiger partial charge in [0.2, 0.25) is 0 Å². The number of carboxylic acid groups (broad SMARTS) is 1. The van der Waals surface area contributed by atoms with E-state index in [0.717, 1.165) is 11.3 Å². The number of ether oxygens (including phenoxy) is 2. The minimum Gasteiger partial charge on any atom is -0.478 e. The molecule has 1 heterocycles. The molecule has 1 fully saturated rings. The zero-order chi connectivity index (χ0) is 14.9. The van der Waals surface area contributed by atoms with Crippen molar-refractivity contribution in [1.82, 2.24) is 0 Å². The lowest BCUT2D eigenvalue weighted by Crippen LogP contribution is -2.27. The van der Waals surface area contributed by atoms with E-state index in [9.17, 15) is 9.90 Å². The maximum absolute atomic E-state index is 11.2. The second-order valence-corrected chi connectivity index (χ2v) is 4.98. The second-order valence-electron chi connectivity index (χ2n) is 4.98. The number of carbonyl (C=O) groups is 1. The molecular weight excluding hydrogens is 260 g/mol. The molecule has 1 aromatic carbocycles. The fourth-order valence-electron chi connectivity index (χ4n) is 2.55. The Bertz CT molecular complexity index is 506. The first-order chi connectivity index (χ1) is 9.47. The summed E-state index contributed by atoms with van der Waals surface area (Å²) in [7, 11) is 3.30. The lowest BCUT2D eigenvalue weighted by Gasteiger charge is -2.20. The van der Waals surface area contributed by atoms with Crippen molar-refractivity contribution in [2.75, 3.05) is 37.9 Å². The highest BCUT2D eigenvalue weighted by molar-refractivity contribution is 5.95. The molecule has 0 bridgehead atoms. The van der Waals surface area contributed by atoms with Crippen LogP contribution in [-0.4, -0.2) is 50.6 Å². The van der Waals surface area contributed by atoms with Gasteiger partial charge in [0.15, 0.2) is 0 Å². The van der Waals surface area contributed by atoms with Crippen molar-refractivity contribution < 1.29 is 19.4 Å². The summed E-state index contributed by atoms with van der Waals surface area (Å²) in [4.78, 5) is 13.3. The zero-order valence-corrected chi connectivity index (χ0v) is 11.9. The van der Waals surface area contributed by atoms with Crippen molar-refractivity contribution in [3.8, 4) is 0 Å². The summed E-state index contributed by atoms with van der Waals surface area (Å²) in [6, 6.07) is 3.50. The Morgan fingerprint density at radius 1 is 1.30 bits per heavy atom. The molecule has 2 rings (SSSR count). The van der Waals surface area contributed by atoms with E-state index >= 15 is 0 Å². The molecule has 0 aliphatic carbocycles. The minimum absolute atomic E-state index is 0.0221. The number of carboxylic acids is 1. The maximum atomic E-state index is 11.2. The van der Waals surface area contributed by atoms with Crippen LogP contribution in [0.5, 0.6) is 0 Å². The third-order valence-electron chi connectivity index (χ3n) is 3.79. The summed E-state index contributed by atoms with van der Waals surface area (Å²) in [5.41, 5.74) is 7.84. The third-order valence-corrected chi connectivity index (χ3v) is 3.79. The standard InChI is InChI=1S/C14H20N2O4/c1-8-4-9(5-10(13(8)15)14(17)18)16-6-11(19-2)12(7-16)20-3/h4-5,11-12H,6-7,15H2,1-3H3,(H,17,18).